The number of hydrogen-bond donors (Lipinski definition) is 3. The molecule has 4 aromatic rings. The number of rotatable bonds is 11. The standard InChI is InChI=1S/C35H43ClN6O5/c1-21(43)16-37-17-23-18-41(5)32-25(23)12-14-28(39-32)26-8-7-9-27(31(26)36)29-13-10-22(33(40-29)46-6)19-42(34(45)47-35(2,3)4)20-24-11-15-30(44)38-24/h7-10,12-14,18,21,24,37,43H,11,15-17,19-20H2,1-6H3,(H,38,44)/t21-,24-/m0/s1. The van der Waals surface area contributed by atoms with Crippen LogP contribution in [0.4, 0.5) is 4.79 Å². The molecule has 2 atom stereocenters. The highest BCUT2D eigenvalue weighted by Crippen LogP contribution is 2.37. The van der Waals surface area contributed by atoms with Crippen LogP contribution in [-0.2, 0) is 29.7 Å². The number of nitrogens with zero attached hydrogens (tertiary/aromatic N) is 4. The maximum atomic E-state index is 13.2. The number of benzene rings is 1. The van der Waals surface area contributed by atoms with E-state index in [4.69, 9.17) is 31.0 Å². The van der Waals surface area contributed by atoms with Gasteiger partial charge in [-0.15, -0.1) is 0 Å². The van der Waals surface area contributed by atoms with Crippen LogP contribution in [-0.4, -0.2) is 74.5 Å². The van der Waals surface area contributed by atoms with Gasteiger partial charge in [0.25, 0.3) is 0 Å². The van der Waals surface area contributed by atoms with E-state index in [-0.39, 0.29) is 18.5 Å². The molecule has 12 heteroatoms. The van der Waals surface area contributed by atoms with Crippen molar-refractivity contribution in [2.75, 3.05) is 20.2 Å². The van der Waals surface area contributed by atoms with Crippen LogP contribution in [0.2, 0.25) is 5.02 Å². The number of pyridine rings is 2. The van der Waals surface area contributed by atoms with Gasteiger partial charge in [0.1, 0.15) is 11.2 Å². The number of hydrogen-bond acceptors (Lipinski definition) is 8. The van der Waals surface area contributed by atoms with Gasteiger partial charge in [0.2, 0.25) is 11.8 Å². The number of nitrogens with one attached hydrogen (secondary N) is 2. The summed E-state index contributed by atoms with van der Waals surface area (Å²) in [6.45, 7) is 8.82. The molecule has 0 radical (unpaired) electrons. The third-order valence-corrected chi connectivity index (χ3v) is 8.29. The molecule has 11 nitrogen and oxygen atoms in total. The Labute approximate surface area is 280 Å². The Morgan fingerprint density at radius 2 is 1.85 bits per heavy atom. The lowest BCUT2D eigenvalue weighted by Gasteiger charge is -2.29. The van der Waals surface area contributed by atoms with Crippen molar-refractivity contribution in [2.24, 2.45) is 7.05 Å². The SMILES string of the molecule is COc1nc(-c2cccc(-c3ccc4c(CNC[C@H](C)O)cn(C)c4n3)c2Cl)ccc1CN(C[C@@H]1CCC(=O)N1)C(=O)OC(C)(C)C. The summed E-state index contributed by atoms with van der Waals surface area (Å²) < 4.78 is 13.4. The molecule has 0 unspecified atom stereocenters. The molecule has 250 valence electrons. The van der Waals surface area contributed by atoms with E-state index < -0.39 is 17.8 Å². The van der Waals surface area contributed by atoms with Crippen molar-refractivity contribution in [1.82, 2.24) is 30.1 Å². The number of aryl methyl sites for hydroxylation is 1. The lowest BCUT2D eigenvalue weighted by molar-refractivity contribution is -0.119. The fourth-order valence-corrected chi connectivity index (χ4v) is 6.02. The minimum Gasteiger partial charge on any atom is -0.481 e. The van der Waals surface area contributed by atoms with Gasteiger partial charge in [-0.05, 0) is 63.9 Å². The highest BCUT2D eigenvalue weighted by atomic mass is 35.5. The highest BCUT2D eigenvalue weighted by molar-refractivity contribution is 6.36. The summed E-state index contributed by atoms with van der Waals surface area (Å²) in [5.41, 5.74) is 4.74. The molecule has 3 N–H and O–H groups in total. The maximum Gasteiger partial charge on any atom is 0.410 e. The number of aromatic nitrogens is 3. The van der Waals surface area contributed by atoms with E-state index in [1.807, 2.05) is 81.0 Å². The highest BCUT2D eigenvalue weighted by Gasteiger charge is 2.29. The van der Waals surface area contributed by atoms with E-state index in [9.17, 15) is 14.7 Å². The van der Waals surface area contributed by atoms with Crippen LogP contribution in [0.15, 0.2) is 48.7 Å². The van der Waals surface area contributed by atoms with Gasteiger partial charge in [0.05, 0.1) is 36.2 Å². The quantitative estimate of drug-likeness (QED) is 0.193. The number of amides is 2. The van der Waals surface area contributed by atoms with Crippen molar-refractivity contribution in [2.45, 2.75) is 71.4 Å². The lowest BCUT2D eigenvalue weighted by Crippen LogP contribution is -2.43. The molecular formula is C35H43ClN6O5. The van der Waals surface area contributed by atoms with Crippen LogP contribution < -0.4 is 15.4 Å². The molecule has 1 saturated heterocycles. The normalized spacial score (nSPS) is 15.5. The Bertz CT molecular complexity index is 1770. The van der Waals surface area contributed by atoms with E-state index in [0.717, 1.165) is 27.9 Å². The van der Waals surface area contributed by atoms with Crippen molar-refractivity contribution >= 4 is 34.6 Å². The predicted octanol–water partition coefficient (Wildman–Crippen LogP) is 5.45. The van der Waals surface area contributed by atoms with Gasteiger partial charge in [-0.2, -0.15) is 0 Å². The Kier molecular flexibility index (Phi) is 10.4. The van der Waals surface area contributed by atoms with Crippen molar-refractivity contribution < 1.29 is 24.2 Å². The fourth-order valence-electron chi connectivity index (χ4n) is 5.70. The van der Waals surface area contributed by atoms with Crippen molar-refractivity contribution in [3.8, 4) is 28.4 Å². The molecule has 0 spiro atoms. The first-order valence-corrected chi connectivity index (χ1v) is 16.1. The smallest absolute Gasteiger partial charge is 0.410 e. The Hall–Kier alpha value is -4.19. The topological polar surface area (TPSA) is 131 Å². The van der Waals surface area contributed by atoms with E-state index in [1.165, 1.54) is 7.11 Å². The molecule has 1 aliphatic rings. The van der Waals surface area contributed by atoms with Crippen LogP contribution in [0, 0.1) is 0 Å². The second-order valence-corrected chi connectivity index (χ2v) is 13.4. The van der Waals surface area contributed by atoms with Crippen LogP contribution in [0.5, 0.6) is 5.88 Å². The average molecular weight is 663 g/mol. The molecule has 0 aliphatic carbocycles. The second kappa shape index (κ2) is 14.3. The number of aliphatic hydroxyl groups is 1. The molecule has 1 aromatic carbocycles. The number of aliphatic hydroxyl groups excluding tert-OH is 1. The minimum atomic E-state index is -0.680. The first-order valence-electron chi connectivity index (χ1n) is 15.8. The van der Waals surface area contributed by atoms with Gasteiger partial charge in [0.15, 0.2) is 0 Å². The van der Waals surface area contributed by atoms with Crippen LogP contribution in [0.3, 0.4) is 0 Å². The van der Waals surface area contributed by atoms with Crippen molar-refractivity contribution in [3.63, 3.8) is 0 Å². The van der Waals surface area contributed by atoms with Gasteiger partial charge in [-0.1, -0.05) is 29.8 Å². The molecule has 4 heterocycles. The molecule has 1 fully saturated rings. The van der Waals surface area contributed by atoms with Crippen molar-refractivity contribution in [3.05, 3.63) is 64.8 Å². The Morgan fingerprint density at radius 1 is 1.15 bits per heavy atom. The molecule has 2 amide bonds. The minimum absolute atomic E-state index is 0.0217. The monoisotopic (exact) mass is 662 g/mol. The number of carbonyl (C=O) groups excluding carboxylic acids is 2. The van der Waals surface area contributed by atoms with Crippen LogP contribution in [0.1, 0.15) is 51.7 Å². The zero-order valence-corrected chi connectivity index (χ0v) is 28.5. The maximum absolute atomic E-state index is 13.2. The second-order valence-electron chi connectivity index (χ2n) is 13.0. The predicted molar refractivity (Wildman–Crippen MR) is 182 cm³/mol. The van der Waals surface area contributed by atoms with Crippen molar-refractivity contribution in [1.29, 1.82) is 0 Å². The third-order valence-electron chi connectivity index (χ3n) is 7.88. The summed E-state index contributed by atoms with van der Waals surface area (Å²) in [6.07, 6.45) is 2.22. The zero-order chi connectivity index (χ0) is 33.9. The van der Waals surface area contributed by atoms with Gasteiger partial charge >= 0.3 is 6.09 Å². The summed E-state index contributed by atoms with van der Waals surface area (Å²) in [4.78, 5) is 36.4. The molecule has 3 aromatic heterocycles. The van der Waals surface area contributed by atoms with E-state index in [1.54, 1.807) is 11.8 Å². The Balaban J connectivity index is 1.41. The van der Waals surface area contributed by atoms with Crippen LogP contribution in [0.25, 0.3) is 33.5 Å². The number of ether oxygens (including phenoxy) is 2. The number of halogens is 1. The lowest BCUT2D eigenvalue weighted by atomic mass is 10.0. The molecule has 0 bridgehead atoms. The molecule has 1 aliphatic heterocycles. The number of fused-ring (bicyclic) bond motifs is 1. The number of carbonyl (C=O) groups is 2. The summed E-state index contributed by atoms with van der Waals surface area (Å²) >= 11 is 7.04. The summed E-state index contributed by atoms with van der Waals surface area (Å²) in [5, 5.41) is 17.3. The molecule has 0 saturated carbocycles. The first-order chi connectivity index (χ1) is 22.3. The summed E-state index contributed by atoms with van der Waals surface area (Å²) in [7, 11) is 3.50. The average Bonchev–Trinajstić information content (AvgIpc) is 3.57. The zero-order valence-electron chi connectivity index (χ0n) is 27.8. The van der Waals surface area contributed by atoms with E-state index >= 15 is 0 Å². The van der Waals surface area contributed by atoms with E-state index in [2.05, 4.69) is 10.6 Å². The van der Waals surface area contributed by atoms with Gasteiger partial charge < -0.3 is 34.7 Å². The summed E-state index contributed by atoms with van der Waals surface area (Å²) in [6, 6.07) is 13.3. The largest absolute Gasteiger partial charge is 0.481 e. The number of methoxy groups -OCH3 is 1. The molecular weight excluding hydrogens is 620 g/mol. The van der Waals surface area contributed by atoms with Gasteiger partial charge in [-0.25, -0.2) is 14.8 Å². The fraction of sp³-hybridized carbons (Fsp3) is 0.429. The summed E-state index contributed by atoms with van der Waals surface area (Å²) in [5.74, 6) is 0.333. The third kappa shape index (κ3) is 8.22. The van der Waals surface area contributed by atoms with Gasteiger partial charge in [0, 0.05) is 67.4 Å². The Morgan fingerprint density at radius 3 is 2.49 bits per heavy atom. The molecule has 47 heavy (non-hydrogen) atoms. The van der Waals surface area contributed by atoms with Crippen LogP contribution >= 0.6 is 11.6 Å². The first kappa shape index (κ1) is 34.2. The molecule has 5 rings (SSSR count). The van der Waals surface area contributed by atoms with E-state index in [0.29, 0.717) is 60.2 Å². The van der Waals surface area contributed by atoms with Gasteiger partial charge in [-0.3, -0.25) is 4.79 Å².